The smallest absolute Gasteiger partial charge is 0.264 e. The number of sulfonamides is 1. The van der Waals surface area contributed by atoms with Crippen LogP contribution in [0.2, 0.25) is 0 Å². The minimum atomic E-state index is -4.10. The molecule has 1 atom stereocenters. The van der Waals surface area contributed by atoms with Gasteiger partial charge in [0.15, 0.2) is 0 Å². The zero-order valence-electron chi connectivity index (χ0n) is 25.7. The van der Waals surface area contributed by atoms with E-state index in [0.29, 0.717) is 12.1 Å². The van der Waals surface area contributed by atoms with E-state index in [1.54, 1.807) is 53.4 Å². The summed E-state index contributed by atoms with van der Waals surface area (Å²) in [5, 5.41) is 3.25. The molecule has 4 aromatic rings. The van der Waals surface area contributed by atoms with E-state index in [2.05, 4.69) is 5.32 Å². The molecule has 1 aliphatic carbocycles. The number of carbonyl (C=O) groups is 2. The van der Waals surface area contributed by atoms with Crippen LogP contribution in [0.4, 0.5) is 5.69 Å². The quantitative estimate of drug-likeness (QED) is 0.201. The third-order valence-electron chi connectivity index (χ3n) is 8.31. The van der Waals surface area contributed by atoms with Gasteiger partial charge in [-0.05, 0) is 55.2 Å². The Bertz CT molecular complexity index is 1660. The molecule has 5 rings (SSSR count). The Kier molecular flexibility index (Phi) is 10.7. The van der Waals surface area contributed by atoms with Crippen molar-refractivity contribution in [3.05, 3.63) is 132 Å². The molecule has 7 nitrogen and oxygen atoms in total. The average molecular weight is 624 g/mol. The highest BCUT2D eigenvalue weighted by molar-refractivity contribution is 7.92. The SMILES string of the molecule is Cc1cccc(CN(C(=O)CN(c2ccccc2)S(=O)(=O)c2ccccc2)[C@H](Cc2ccccc2)C(=O)NC2CCCCC2)c1. The summed E-state index contributed by atoms with van der Waals surface area (Å²) in [7, 11) is -4.10. The number of anilines is 1. The molecule has 2 amide bonds. The van der Waals surface area contributed by atoms with E-state index in [4.69, 9.17) is 0 Å². The summed E-state index contributed by atoms with van der Waals surface area (Å²) in [5.41, 5.74) is 3.18. The van der Waals surface area contributed by atoms with Crippen LogP contribution in [-0.2, 0) is 32.6 Å². The number of rotatable bonds is 12. The van der Waals surface area contributed by atoms with Gasteiger partial charge < -0.3 is 10.2 Å². The van der Waals surface area contributed by atoms with Crippen molar-refractivity contribution in [3.63, 3.8) is 0 Å². The van der Waals surface area contributed by atoms with Crippen molar-refractivity contribution in [2.45, 2.75) is 69.0 Å². The monoisotopic (exact) mass is 623 g/mol. The van der Waals surface area contributed by atoms with Gasteiger partial charge in [0.2, 0.25) is 11.8 Å². The second kappa shape index (κ2) is 15.0. The molecule has 1 aliphatic rings. The molecule has 4 aromatic carbocycles. The highest BCUT2D eigenvalue weighted by Crippen LogP contribution is 2.25. The van der Waals surface area contributed by atoms with E-state index in [9.17, 15) is 18.0 Å². The normalized spacial score (nSPS) is 14.3. The van der Waals surface area contributed by atoms with E-state index < -0.39 is 28.5 Å². The van der Waals surface area contributed by atoms with Crippen LogP contribution in [-0.4, -0.2) is 43.8 Å². The number of aryl methyl sites for hydroxylation is 1. The van der Waals surface area contributed by atoms with Crippen molar-refractivity contribution in [1.82, 2.24) is 10.2 Å². The van der Waals surface area contributed by atoms with Gasteiger partial charge in [0.05, 0.1) is 10.6 Å². The fourth-order valence-electron chi connectivity index (χ4n) is 5.95. The second-order valence-corrected chi connectivity index (χ2v) is 13.6. The van der Waals surface area contributed by atoms with Crippen LogP contribution in [0, 0.1) is 6.92 Å². The topological polar surface area (TPSA) is 86.8 Å². The van der Waals surface area contributed by atoms with Gasteiger partial charge in [-0.2, -0.15) is 0 Å². The maximum absolute atomic E-state index is 14.6. The Labute approximate surface area is 266 Å². The minimum Gasteiger partial charge on any atom is -0.352 e. The third kappa shape index (κ3) is 8.39. The van der Waals surface area contributed by atoms with Crippen LogP contribution in [0.25, 0.3) is 0 Å². The van der Waals surface area contributed by atoms with Crippen LogP contribution >= 0.6 is 0 Å². The number of benzene rings is 4. The zero-order valence-corrected chi connectivity index (χ0v) is 26.5. The first kappa shape index (κ1) is 32.0. The number of nitrogens with zero attached hydrogens (tertiary/aromatic N) is 2. The van der Waals surface area contributed by atoms with E-state index in [0.717, 1.165) is 53.1 Å². The number of amides is 2. The van der Waals surface area contributed by atoms with Gasteiger partial charge in [-0.3, -0.25) is 13.9 Å². The molecule has 0 saturated heterocycles. The van der Waals surface area contributed by atoms with Crippen LogP contribution in [0.3, 0.4) is 0 Å². The first-order valence-electron chi connectivity index (χ1n) is 15.6. The van der Waals surface area contributed by atoms with Gasteiger partial charge in [0.25, 0.3) is 10.0 Å². The maximum atomic E-state index is 14.6. The molecule has 0 bridgehead atoms. The Morgan fingerprint density at radius 3 is 2.02 bits per heavy atom. The predicted octanol–water partition coefficient (Wildman–Crippen LogP) is 6.28. The lowest BCUT2D eigenvalue weighted by Crippen LogP contribution is -2.55. The number of hydrogen-bond donors (Lipinski definition) is 1. The average Bonchev–Trinajstić information content (AvgIpc) is 3.07. The van der Waals surface area contributed by atoms with Gasteiger partial charge in [-0.1, -0.05) is 116 Å². The fourth-order valence-corrected chi connectivity index (χ4v) is 7.38. The van der Waals surface area contributed by atoms with E-state index in [-0.39, 0.29) is 23.4 Å². The van der Waals surface area contributed by atoms with Gasteiger partial charge in [0, 0.05) is 19.0 Å². The van der Waals surface area contributed by atoms with E-state index >= 15 is 0 Å². The van der Waals surface area contributed by atoms with Gasteiger partial charge in [-0.15, -0.1) is 0 Å². The van der Waals surface area contributed by atoms with Crippen molar-refractivity contribution in [2.24, 2.45) is 0 Å². The minimum absolute atomic E-state index is 0.0553. The molecule has 0 heterocycles. The number of nitrogens with one attached hydrogen (secondary N) is 1. The first-order valence-corrected chi connectivity index (χ1v) is 17.1. The van der Waals surface area contributed by atoms with Crippen LogP contribution in [0.5, 0.6) is 0 Å². The van der Waals surface area contributed by atoms with E-state index in [1.165, 1.54) is 12.1 Å². The molecule has 0 aliphatic heterocycles. The standard InChI is InChI=1S/C37H41N3O4S/c1-29-15-14-18-31(25-29)27-39(35(26-30-16-6-2-7-17-30)37(42)38-32-19-8-3-9-20-32)36(41)28-40(33-21-10-4-11-22-33)45(43,44)34-23-12-5-13-24-34/h2,4-7,10-18,21-25,32,35H,3,8-9,19-20,26-28H2,1H3,(H,38,42)/t35-/m1/s1. The molecule has 0 unspecified atom stereocenters. The Balaban J connectivity index is 1.54. The maximum Gasteiger partial charge on any atom is 0.264 e. The first-order chi connectivity index (χ1) is 21.8. The molecule has 1 saturated carbocycles. The lowest BCUT2D eigenvalue weighted by Gasteiger charge is -2.35. The van der Waals surface area contributed by atoms with Crippen LogP contribution in [0.15, 0.2) is 120 Å². The Morgan fingerprint density at radius 2 is 1.38 bits per heavy atom. The fraction of sp³-hybridized carbons (Fsp3) is 0.297. The van der Waals surface area contributed by atoms with Gasteiger partial charge >= 0.3 is 0 Å². The van der Waals surface area contributed by atoms with Gasteiger partial charge in [-0.25, -0.2) is 8.42 Å². The van der Waals surface area contributed by atoms with Crippen molar-refractivity contribution in [2.75, 3.05) is 10.8 Å². The lowest BCUT2D eigenvalue weighted by atomic mass is 9.94. The molecule has 234 valence electrons. The molecule has 8 heteroatoms. The summed E-state index contributed by atoms with van der Waals surface area (Å²) < 4.78 is 29.2. The van der Waals surface area contributed by atoms with Crippen molar-refractivity contribution in [1.29, 1.82) is 0 Å². The summed E-state index contributed by atoms with van der Waals surface area (Å²) >= 11 is 0. The van der Waals surface area contributed by atoms with Crippen LogP contribution < -0.4 is 9.62 Å². The molecule has 0 aromatic heterocycles. The lowest BCUT2D eigenvalue weighted by molar-refractivity contribution is -0.140. The summed E-state index contributed by atoms with van der Waals surface area (Å²) in [4.78, 5) is 30.4. The molecule has 1 fully saturated rings. The summed E-state index contributed by atoms with van der Waals surface area (Å²) in [6, 6.07) is 33.5. The molecule has 45 heavy (non-hydrogen) atoms. The van der Waals surface area contributed by atoms with Crippen molar-refractivity contribution >= 4 is 27.5 Å². The number of hydrogen-bond acceptors (Lipinski definition) is 4. The summed E-state index contributed by atoms with van der Waals surface area (Å²) in [6.45, 7) is 1.68. The predicted molar refractivity (Wildman–Crippen MR) is 178 cm³/mol. The highest BCUT2D eigenvalue weighted by atomic mass is 32.2. The van der Waals surface area contributed by atoms with Crippen molar-refractivity contribution in [3.8, 4) is 0 Å². The summed E-state index contributed by atoms with van der Waals surface area (Å²) in [5.74, 6) is -0.677. The second-order valence-electron chi connectivity index (χ2n) is 11.7. The van der Waals surface area contributed by atoms with Crippen LogP contribution in [0.1, 0.15) is 48.8 Å². The Hall–Kier alpha value is -4.43. The highest BCUT2D eigenvalue weighted by Gasteiger charge is 2.35. The molecule has 1 N–H and O–H groups in total. The Morgan fingerprint density at radius 1 is 0.778 bits per heavy atom. The molecular formula is C37H41N3O4S. The molecule has 0 radical (unpaired) electrons. The van der Waals surface area contributed by atoms with Gasteiger partial charge in [0.1, 0.15) is 12.6 Å². The molecular weight excluding hydrogens is 582 g/mol. The third-order valence-corrected chi connectivity index (χ3v) is 10.1. The molecule has 0 spiro atoms. The number of para-hydroxylation sites is 1. The zero-order chi connectivity index (χ0) is 31.6. The van der Waals surface area contributed by atoms with Crippen molar-refractivity contribution < 1.29 is 18.0 Å². The number of carbonyl (C=O) groups excluding carboxylic acids is 2. The largest absolute Gasteiger partial charge is 0.352 e. The summed E-state index contributed by atoms with van der Waals surface area (Å²) in [6.07, 6.45) is 5.39. The van der Waals surface area contributed by atoms with E-state index in [1.807, 2.05) is 61.5 Å².